The van der Waals surface area contributed by atoms with Gasteiger partial charge in [0.1, 0.15) is 11.5 Å². The molecule has 8 heteroatoms. The number of rotatable bonds is 5. The van der Waals surface area contributed by atoms with Crippen LogP contribution < -0.4 is 10.2 Å². The Morgan fingerprint density at radius 2 is 2.06 bits per heavy atom. The van der Waals surface area contributed by atoms with E-state index in [2.05, 4.69) is 10.3 Å². The molecular formula is C23H23FN4O3. The van der Waals surface area contributed by atoms with E-state index in [0.717, 1.165) is 22.0 Å². The predicted molar refractivity (Wildman–Crippen MR) is 119 cm³/mol. The number of halogens is 1. The van der Waals surface area contributed by atoms with Crippen LogP contribution in [0.2, 0.25) is 0 Å². The number of carbonyl (C=O) groups is 1. The Morgan fingerprint density at radius 3 is 2.74 bits per heavy atom. The number of nitrogens with zero attached hydrogens (tertiary/aromatic N) is 2. The van der Waals surface area contributed by atoms with E-state index in [0.29, 0.717) is 25.2 Å². The van der Waals surface area contributed by atoms with Gasteiger partial charge < -0.3 is 15.2 Å². The number of benzene rings is 2. The first-order valence-electron chi connectivity index (χ1n) is 10.1. The molecule has 7 nitrogen and oxygen atoms in total. The van der Waals surface area contributed by atoms with Crippen LogP contribution in [0.3, 0.4) is 0 Å². The SMILES string of the molecule is CC(C)NC(=O)c1ccc(N2CC=C(c3c[nH]c4cc(F)ccc34)CC2)c([N+](=O)[O-])c1. The maximum Gasteiger partial charge on any atom is 0.293 e. The molecule has 0 aliphatic carbocycles. The summed E-state index contributed by atoms with van der Waals surface area (Å²) in [6, 6.07) is 9.20. The first kappa shape index (κ1) is 20.6. The van der Waals surface area contributed by atoms with Crippen molar-refractivity contribution in [2.24, 2.45) is 0 Å². The molecule has 31 heavy (non-hydrogen) atoms. The number of anilines is 1. The van der Waals surface area contributed by atoms with E-state index in [9.17, 15) is 19.3 Å². The van der Waals surface area contributed by atoms with E-state index in [1.807, 2.05) is 31.0 Å². The Bertz CT molecular complexity index is 1200. The summed E-state index contributed by atoms with van der Waals surface area (Å²) >= 11 is 0. The second-order valence-electron chi connectivity index (χ2n) is 7.91. The largest absolute Gasteiger partial charge is 0.362 e. The van der Waals surface area contributed by atoms with E-state index in [4.69, 9.17) is 0 Å². The second-order valence-corrected chi connectivity index (χ2v) is 7.91. The average Bonchev–Trinajstić information content (AvgIpc) is 3.16. The fourth-order valence-corrected chi connectivity index (χ4v) is 3.92. The minimum atomic E-state index is -0.449. The number of aromatic amines is 1. The Morgan fingerprint density at radius 1 is 1.26 bits per heavy atom. The van der Waals surface area contributed by atoms with E-state index >= 15 is 0 Å². The summed E-state index contributed by atoms with van der Waals surface area (Å²) in [5.41, 5.74) is 3.54. The van der Waals surface area contributed by atoms with Gasteiger partial charge >= 0.3 is 0 Å². The van der Waals surface area contributed by atoms with Crippen molar-refractivity contribution in [3.63, 3.8) is 0 Å². The van der Waals surface area contributed by atoms with Crippen molar-refractivity contribution in [2.45, 2.75) is 26.3 Å². The highest BCUT2D eigenvalue weighted by molar-refractivity contribution is 5.96. The van der Waals surface area contributed by atoms with Gasteiger partial charge in [0.15, 0.2) is 0 Å². The Kier molecular flexibility index (Phi) is 5.46. The highest BCUT2D eigenvalue weighted by Crippen LogP contribution is 2.34. The Labute approximate surface area is 178 Å². The molecule has 0 unspecified atom stereocenters. The quantitative estimate of drug-likeness (QED) is 0.463. The van der Waals surface area contributed by atoms with Crippen molar-refractivity contribution < 1.29 is 14.1 Å². The monoisotopic (exact) mass is 422 g/mol. The van der Waals surface area contributed by atoms with Crippen molar-refractivity contribution in [3.05, 3.63) is 75.7 Å². The van der Waals surface area contributed by atoms with Crippen LogP contribution in [0, 0.1) is 15.9 Å². The first-order chi connectivity index (χ1) is 14.8. The number of hydrogen-bond acceptors (Lipinski definition) is 4. The molecule has 0 bridgehead atoms. The molecule has 1 aliphatic rings. The van der Waals surface area contributed by atoms with Crippen LogP contribution in [0.1, 0.15) is 36.2 Å². The molecule has 160 valence electrons. The number of carbonyl (C=O) groups excluding carboxylic acids is 1. The molecule has 3 aromatic rings. The molecule has 2 heterocycles. The van der Waals surface area contributed by atoms with Crippen molar-refractivity contribution >= 4 is 33.8 Å². The lowest BCUT2D eigenvalue weighted by molar-refractivity contribution is -0.384. The van der Waals surface area contributed by atoms with E-state index in [1.54, 1.807) is 18.2 Å². The molecule has 0 spiro atoms. The van der Waals surface area contributed by atoms with Crippen molar-refractivity contribution in [1.82, 2.24) is 10.3 Å². The molecule has 2 N–H and O–H groups in total. The summed E-state index contributed by atoms with van der Waals surface area (Å²) in [6.45, 7) is 4.77. The smallest absolute Gasteiger partial charge is 0.293 e. The molecule has 1 aromatic heterocycles. The van der Waals surface area contributed by atoms with Gasteiger partial charge in [0.2, 0.25) is 0 Å². The predicted octanol–water partition coefficient (Wildman–Crippen LogP) is 4.65. The molecule has 0 saturated carbocycles. The summed E-state index contributed by atoms with van der Waals surface area (Å²) < 4.78 is 13.4. The standard InChI is InChI=1S/C23H23FN4O3/c1-14(2)26-23(29)16-3-6-21(22(11-16)28(30)31)27-9-7-15(8-10-27)19-13-25-20-12-17(24)4-5-18(19)20/h3-7,11-14,25H,8-10H2,1-2H3,(H,26,29). The zero-order valence-corrected chi connectivity index (χ0v) is 17.3. The topological polar surface area (TPSA) is 91.3 Å². The number of H-pyrrole nitrogens is 1. The fraction of sp³-hybridized carbons (Fsp3) is 0.261. The molecule has 1 amide bonds. The maximum atomic E-state index is 13.4. The zero-order valence-electron chi connectivity index (χ0n) is 17.3. The molecule has 0 fully saturated rings. The van der Waals surface area contributed by atoms with Crippen LogP contribution in [0.5, 0.6) is 0 Å². The van der Waals surface area contributed by atoms with Gasteiger partial charge in [-0.15, -0.1) is 0 Å². The van der Waals surface area contributed by atoms with Crippen molar-refractivity contribution in [1.29, 1.82) is 0 Å². The van der Waals surface area contributed by atoms with Crippen molar-refractivity contribution in [3.8, 4) is 0 Å². The lowest BCUT2D eigenvalue weighted by Gasteiger charge is -2.28. The summed E-state index contributed by atoms with van der Waals surface area (Å²) in [5.74, 6) is -0.622. The third-order valence-electron chi connectivity index (χ3n) is 5.39. The lowest BCUT2D eigenvalue weighted by Crippen LogP contribution is -2.31. The minimum absolute atomic E-state index is 0.0575. The molecule has 1 aliphatic heterocycles. The maximum absolute atomic E-state index is 13.4. The van der Waals surface area contributed by atoms with Gasteiger partial charge in [0.05, 0.1) is 4.92 Å². The van der Waals surface area contributed by atoms with Crippen LogP contribution in [-0.4, -0.2) is 34.9 Å². The van der Waals surface area contributed by atoms with E-state index in [-0.39, 0.29) is 29.0 Å². The first-order valence-corrected chi connectivity index (χ1v) is 10.1. The molecule has 4 rings (SSSR count). The molecule has 0 saturated heterocycles. The van der Waals surface area contributed by atoms with Crippen LogP contribution in [0.25, 0.3) is 16.5 Å². The summed E-state index contributed by atoms with van der Waals surface area (Å²) in [7, 11) is 0. The summed E-state index contributed by atoms with van der Waals surface area (Å²) in [4.78, 5) is 28.5. The fourth-order valence-electron chi connectivity index (χ4n) is 3.92. The number of fused-ring (bicyclic) bond motifs is 1. The van der Waals surface area contributed by atoms with Crippen LogP contribution in [0.15, 0.2) is 48.7 Å². The van der Waals surface area contributed by atoms with Gasteiger partial charge in [-0.05, 0) is 56.2 Å². The average molecular weight is 422 g/mol. The number of nitrogens with one attached hydrogen (secondary N) is 2. The minimum Gasteiger partial charge on any atom is -0.362 e. The molecule has 0 radical (unpaired) electrons. The van der Waals surface area contributed by atoms with Crippen LogP contribution in [0.4, 0.5) is 15.8 Å². The van der Waals surface area contributed by atoms with E-state index in [1.165, 1.54) is 18.2 Å². The van der Waals surface area contributed by atoms with Gasteiger partial charge in [-0.25, -0.2) is 4.39 Å². The number of amides is 1. The van der Waals surface area contributed by atoms with E-state index < -0.39 is 4.92 Å². The van der Waals surface area contributed by atoms with Crippen molar-refractivity contribution in [2.75, 3.05) is 18.0 Å². The van der Waals surface area contributed by atoms with Crippen LogP contribution >= 0.6 is 0 Å². The Balaban J connectivity index is 1.59. The van der Waals surface area contributed by atoms with Gasteiger partial charge in [-0.1, -0.05) is 6.08 Å². The van der Waals surface area contributed by atoms with Gasteiger partial charge in [0, 0.05) is 53.4 Å². The molecule has 0 atom stereocenters. The normalized spacial score (nSPS) is 14.1. The second kappa shape index (κ2) is 8.22. The number of nitro benzene ring substituents is 1. The highest BCUT2D eigenvalue weighted by atomic mass is 19.1. The summed E-state index contributed by atoms with van der Waals surface area (Å²) in [5, 5.41) is 15.4. The number of nitro groups is 1. The molecular weight excluding hydrogens is 399 g/mol. The highest BCUT2D eigenvalue weighted by Gasteiger charge is 2.24. The number of aromatic nitrogens is 1. The van der Waals surface area contributed by atoms with Gasteiger partial charge in [-0.3, -0.25) is 14.9 Å². The van der Waals surface area contributed by atoms with Crippen LogP contribution in [-0.2, 0) is 0 Å². The number of hydrogen-bond donors (Lipinski definition) is 2. The third-order valence-corrected chi connectivity index (χ3v) is 5.39. The Hall–Kier alpha value is -3.68. The molecule has 2 aromatic carbocycles. The third kappa shape index (κ3) is 4.14. The lowest BCUT2D eigenvalue weighted by atomic mass is 9.98. The summed E-state index contributed by atoms with van der Waals surface area (Å²) in [6.07, 6.45) is 4.60. The van der Waals surface area contributed by atoms with Gasteiger partial charge in [-0.2, -0.15) is 0 Å². The zero-order chi connectivity index (χ0) is 22.1. The van der Waals surface area contributed by atoms with Gasteiger partial charge in [0.25, 0.3) is 11.6 Å².